The second kappa shape index (κ2) is 6.22. The first-order valence-corrected chi connectivity index (χ1v) is 7.63. The van der Waals surface area contributed by atoms with Crippen LogP contribution >= 0.6 is 0 Å². The van der Waals surface area contributed by atoms with Crippen LogP contribution in [0.3, 0.4) is 0 Å². The molecule has 3 rings (SSSR count). The van der Waals surface area contributed by atoms with Crippen molar-refractivity contribution in [2.24, 2.45) is 5.92 Å². The van der Waals surface area contributed by atoms with Crippen molar-refractivity contribution < 1.29 is 14.0 Å². The summed E-state index contributed by atoms with van der Waals surface area (Å²) in [7, 11) is 1.66. The van der Waals surface area contributed by atoms with Gasteiger partial charge in [-0.2, -0.15) is 0 Å². The van der Waals surface area contributed by atoms with Gasteiger partial charge in [-0.05, 0) is 18.9 Å². The van der Waals surface area contributed by atoms with Gasteiger partial charge in [0.15, 0.2) is 0 Å². The molecule has 1 N–H and O–H groups in total. The summed E-state index contributed by atoms with van der Waals surface area (Å²) in [6.07, 6.45) is 3.48. The first kappa shape index (κ1) is 14.6. The fourth-order valence-corrected chi connectivity index (χ4v) is 3.04. The van der Waals surface area contributed by atoms with Crippen LogP contribution in [0.2, 0.25) is 0 Å². The van der Waals surface area contributed by atoms with Gasteiger partial charge in [0, 0.05) is 37.0 Å². The predicted molar refractivity (Wildman–Crippen MR) is 83.3 cm³/mol. The van der Waals surface area contributed by atoms with Crippen molar-refractivity contribution in [3.63, 3.8) is 0 Å². The largest absolute Gasteiger partial charge is 0.464 e. The molecule has 1 saturated heterocycles. The highest BCUT2D eigenvalue weighted by molar-refractivity contribution is 5.87. The first-order valence-electron chi connectivity index (χ1n) is 7.63. The Kier molecular flexibility index (Phi) is 4.13. The zero-order valence-electron chi connectivity index (χ0n) is 12.7. The van der Waals surface area contributed by atoms with E-state index in [1.807, 2.05) is 29.2 Å². The van der Waals surface area contributed by atoms with Crippen LogP contribution in [-0.4, -0.2) is 36.9 Å². The summed E-state index contributed by atoms with van der Waals surface area (Å²) in [5.41, 5.74) is 1.73. The fraction of sp³-hybridized carbons (Fsp3) is 0.412. The Morgan fingerprint density at radius 1 is 1.27 bits per heavy atom. The number of amides is 2. The van der Waals surface area contributed by atoms with E-state index < -0.39 is 0 Å². The number of nitrogens with zero attached hydrogens (tertiary/aromatic N) is 1. The van der Waals surface area contributed by atoms with Crippen molar-refractivity contribution in [3.05, 3.63) is 36.1 Å². The van der Waals surface area contributed by atoms with Gasteiger partial charge in [-0.25, -0.2) is 0 Å². The molecule has 0 radical (unpaired) electrons. The van der Waals surface area contributed by atoms with E-state index in [1.165, 1.54) is 0 Å². The Hall–Kier alpha value is -2.30. The molecule has 2 amide bonds. The Balaban J connectivity index is 1.62. The third-order valence-electron chi connectivity index (χ3n) is 4.37. The van der Waals surface area contributed by atoms with E-state index in [4.69, 9.17) is 4.42 Å². The lowest BCUT2D eigenvalue weighted by Crippen LogP contribution is -2.42. The van der Waals surface area contributed by atoms with E-state index in [0.717, 1.165) is 29.4 Å². The summed E-state index contributed by atoms with van der Waals surface area (Å²) in [6.45, 7) is 1.29. The van der Waals surface area contributed by atoms with Gasteiger partial charge in [-0.1, -0.05) is 18.2 Å². The maximum atomic E-state index is 12.4. The summed E-state index contributed by atoms with van der Waals surface area (Å²) in [5.74, 6) is 0.207. The number of para-hydroxylation sites is 1. The number of nitrogens with one attached hydrogen (secondary N) is 1. The molecule has 1 aliphatic heterocycles. The highest BCUT2D eigenvalue weighted by Crippen LogP contribution is 2.23. The summed E-state index contributed by atoms with van der Waals surface area (Å²) in [5, 5.41) is 3.68. The molecule has 1 aromatic carbocycles. The van der Waals surface area contributed by atoms with E-state index in [0.29, 0.717) is 19.5 Å². The molecular weight excluding hydrogens is 280 g/mol. The molecule has 116 valence electrons. The smallest absolute Gasteiger partial charge is 0.227 e. The number of carbonyl (C=O) groups excluding carboxylic acids is 2. The first-order chi connectivity index (χ1) is 10.7. The topological polar surface area (TPSA) is 62.6 Å². The number of hydrogen-bond donors (Lipinski definition) is 1. The second-order valence-electron chi connectivity index (χ2n) is 5.70. The highest BCUT2D eigenvalue weighted by atomic mass is 16.3. The maximum absolute atomic E-state index is 12.4. The van der Waals surface area contributed by atoms with Gasteiger partial charge >= 0.3 is 0 Å². The summed E-state index contributed by atoms with van der Waals surface area (Å²) < 4.78 is 5.48. The molecule has 0 spiro atoms. The number of piperidine rings is 1. The molecule has 0 unspecified atom stereocenters. The molecule has 0 saturated carbocycles. The number of carbonyl (C=O) groups is 2. The lowest BCUT2D eigenvalue weighted by atomic mass is 9.95. The average molecular weight is 300 g/mol. The SMILES string of the molecule is CNC(=O)C1CCN(C(=O)Cc2coc3ccccc23)CC1. The van der Waals surface area contributed by atoms with Crippen molar-refractivity contribution >= 4 is 22.8 Å². The van der Waals surface area contributed by atoms with Crippen LogP contribution in [0, 0.1) is 5.92 Å². The quantitative estimate of drug-likeness (QED) is 0.942. The zero-order chi connectivity index (χ0) is 15.5. The molecule has 1 aliphatic rings. The van der Waals surface area contributed by atoms with Crippen LogP contribution < -0.4 is 5.32 Å². The molecule has 22 heavy (non-hydrogen) atoms. The summed E-state index contributed by atoms with van der Waals surface area (Å²) >= 11 is 0. The highest BCUT2D eigenvalue weighted by Gasteiger charge is 2.27. The number of benzene rings is 1. The minimum Gasteiger partial charge on any atom is -0.464 e. The summed E-state index contributed by atoms with van der Waals surface area (Å²) in [6, 6.07) is 7.74. The number of furan rings is 1. The van der Waals surface area contributed by atoms with Gasteiger partial charge in [-0.15, -0.1) is 0 Å². The minimum atomic E-state index is 0.0313. The molecule has 2 aromatic rings. The average Bonchev–Trinajstić information content (AvgIpc) is 2.97. The van der Waals surface area contributed by atoms with Crippen LogP contribution in [0.1, 0.15) is 18.4 Å². The molecule has 0 aliphatic carbocycles. The van der Waals surface area contributed by atoms with E-state index in [9.17, 15) is 9.59 Å². The van der Waals surface area contributed by atoms with Crippen molar-refractivity contribution in [1.29, 1.82) is 0 Å². The molecule has 1 aromatic heterocycles. The molecule has 5 nitrogen and oxygen atoms in total. The van der Waals surface area contributed by atoms with Crippen LogP contribution in [0.4, 0.5) is 0 Å². The number of fused-ring (bicyclic) bond motifs is 1. The molecule has 1 fully saturated rings. The molecule has 0 atom stereocenters. The Morgan fingerprint density at radius 3 is 2.73 bits per heavy atom. The molecule has 5 heteroatoms. The van der Waals surface area contributed by atoms with Gasteiger partial charge in [0.05, 0.1) is 12.7 Å². The van der Waals surface area contributed by atoms with Crippen molar-refractivity contribution in [3.8, 4) is 0 Å². The molecular formula is C17H20N2O3. The lowest BCUT2D eigenvalue weighted by Gasteiger charge is -2.31. The number of rotatable bonds is 3. The van der Waals surface area contributed by atoms with Crippen molar-refractivity contribution in [1.82, 2.24) is 10.2 Å². The Bertz CT molecular complexity index is 684. The van der Waals surface area contributed by atoms with Crippen molar-refractivity contribution in [2.45, 2.75) is 19.3 Å². The normalized spacial score (nSPS) is 16.0. The number of hydrogen-bond acceptors (Lipinski definition) is 3. The standard InChI is InChI=1S/C17H20N2O3/c1-18-17(21)12-6-8-19(9-7-12)16(20)10-13-11-22-15-5-3-2-4-14(13)15/h2-5,11-12H,6-10H2,1H3,(H,18,21). The van der Waals surface area contributed by atoms with E-state index >= 15 is 0 Å². The summed E-state index contributed by atoms with van der Waals surface area (Å²) in [4.78, 5) is 25.9. The second-order valence-corrected chi connectivity index (χ2v) is 5.70. The van der Waals surface area contributed by atoms with E-state index in [2.05, 4.69) is 5.32 Å². The van der Waals surface area contributed by atoms with Crippen LogP contribution in [0.25, 0.3) is 11.0 Å². The predicted octanol–water partition coefficient (Wildman–Crippen LogP) is 1.96. The lowest BCUT2D eigenvalue weighted by molar-refractivity contribution is -0.134. The Morgan fingerprint density at radius 2 is 2.00 bits per heavy atom. The maximum Gasteiger partial charge on any atom is 0.227 e. The van der Waals surface area contributed by atoms with Crippen molar-refractivity contribution in [2.75, 3.05) is 20.1 Å². The monoisotopic (exact) mass is 300 g/mol. The van der Waals surface area contributed by atoms with Crippen LogP contribution in [0.5, 0.6) is 0 Å². The van der Waals surface area contributed by atoms with Crippen LogP contribution in [0.15, 0.2) is 34.9 Å². The van der Waals surface area contributed by atoms with Crippen LogP contribution in [-0.2, 0) is 16.0 Å². The number of likely N-dealkylation sites (tertiary alicyclic amines) is 1. The molecule has 2 heterocycles. The molecule has 0 bridgehead atoms. The third-order valence-corrected chi connectivity index (χ3v) is 4.37. The van der Waals surface area contributed by atoms with Gasteiger partial charge in [0.2, 0.25) is 11.8 Å². The van der Waals surface area contributed by atoms with E-state index in [1.54, 1.807) is 13.3 Å². The van der Waals surface area contributed by atoms with Gasteiger partial charge in [0.1, 0.15) is 5.58 Å². The van der Waals surface area contributed by atoms with Gasteiger partial charge in [-0.3, -0.25) is 9.59 Å². The zero-order valence-corrected chi connectivity index (χ0v) is 12.7. The van der Waals surface area contributed by atoms with Gasteiger partial charge < -0.3 is 14.6 Å². The third kappa shape index (κ3) is 2.84. The van der Waals surface area contributed by atoms with Gasteiger partial charge in [0.25, 0.3) is 0 Å². The minimum absolute atomic E-state index is 0.0313. The Labute approximate surface area is 129 Å². The fourth-order valence-electron chi connectivity index (χ4n) is 3.04. The van der Waals surface area contributed by atoms with E-state index in [-0.39, 0.29) is 17.7 Å².